The Kier molecular flexibility index (Phi) is 3.71. The van der Waals surface area contributed by atoms with Crippen LogP contribution in [0, 0.1) is 5.92 Å². The third kappa shape index (κ3) is 2.55. The number of anilines is 2. The summed E-state index contributed by atoms with van der Waals surface area (Å²) >= 11 is 0. The third-order valence-electron chi connectivity index (χ3n) is 4.23. The molecule has 20 heavy (non-hydrogen) atoms. The average molecular weight is 274 g/mol. The first-order chi connectivity index (χ1) is 9.80. The first kappa shape index (κ1) is 13.1. The van der Waals surface area contributed by atoms with Gasteiger partial charge in [0.1, 0.15) is 5.82 Å². The maximum absolute atomic E-state index is 4.54. The number of nitrogens with zero attached hydrogens (tertiary/aromatic N) is 3. The molecule has 0 aromatic carbocycles. The van der Waals surface area contributed by atoms with Crippen molar-refractivity contribution < 1.29 is 0 Å². The molecule has 2 atom stereocenters. The molecule has 1 saturated carbocycles. The normalized spacial score (nSPS) is 22.9. The molecule has 1 fully saturated rings. The molecule has 108 valence electrons. The minimum atomic E-state index is 0.506. The van der Waals surface area contributed by atoms with Crippen molar-refractivity contribution in [2.75, 3.05) is 17.7 Å². The van der Waals surface area contributed by atoms with E-state index in [-0.39, 0.29) is 0 Å². The van der Waals surface area contributed by atoms with Gasteiger partial charge in [-0.05, 0) is 18.8 Å². The molecule has 0 aliphatic heterocycles. The van der Waals surface area contributed by atoms with Gasteiger partial charge in [-0.25, -0.2) is 0 Å². The maximum atomic E-state index is 4.54. The number of hydrogen-bond donors (Lipinski definition) is 3. The fourth-order valence-corrected chi connectivity index (χ4v) is 3.04. The summed E-state index contributed by atoms with van der Waals surface area (Å²) < 4.78 is 0. The zero-order valence-electron chi connectivity index (χ0n) is 12.1. The molecule has 0 bridgehead atoms. The molecule has 0 amide bonds. The van der Waals surface area contributed by atoms with Crippen LogP contribution in [0.2, 0.25) is 0 Å². The molecule has 1 aliphatic carbocycles. The van der Waals surface area contributed by atoms with Gasteiger partial charge in [0.25, 0.3) is 0 Å². The van der Waals surface area contributed by atoms with Gasteiger partial charge in [0.2, 0.25) is 5.95 Å². The maximum Gasteiger partial charge on any atom is 0.226 e. The number of aromatic nitrogens is 4. The molecule has 2 aromatic heterocycles. The Hall–Kier alpha value is -1.85. The highest BCUT2D eigenvalue weighted by molar-refractivity contribution is 5.87. The lowest BCUT2D eigenvalue weighted by molar-refractivity contribution is 0.327. The quantitative estimate of drug-likeness (QED) is 0.799. The van der Waals surface area contributed by atoms with Crippen molar-refractivity contribution in [1.82, 2.24) is 20.2 Å². The van der Waals surface area contributed by atoms with Crippen LogP contribution in [0.25, 0.3) is 11.0 Å². The minimum Gasteiger partial charge on any atom is -0.367 e. The van der Waals surface area contributed by atoms with Crippen molar-refractivity contribution in [3.05, 3.63) is 6.20 Å². The highest BCUT2D eigenvalue weighted by Gasteiger charge is 2.22. The van der Waals surface area contributed by atoms with Crippen molar-refractivity contribution in [1.29, 1.82) is 0 Å². The topological polar surface area (TPSA) is 78.5 Å². The second-order valence-corrected chi connectivity index (χ2v) is 5.56. The predicted molar refractivity (Wildman–Crippen MR) is 80.9 cm³/mol. The van der Waals surface area contributed by atoms with E-state index in [2.05, 4.69) is 37.7 Å². The molecule has 6 nitrogen and oxygen atoms in total. The first-order valence-corrected chi connectivity index (χ1v) is 7.45. The molecule has 2 aromatic rings. The van der Waals surface area contributed by atoms with E-state index in [9.17, 15) is 0 Å². The average Bonchev–Trinajstić information content (AvgIpc) is 2.96. The van der Waals surface area contributed by atoms with Crippen LogP contribution < -0.4 is 10.6 Å². The van der Waals surface area contributed by atoms with E-state index < -0.39 is 0 Å². The Morgan fingerprint density at radius 1 is 1.35 bits per heavy atom. The lowest BCUT2D eigenvalue weighted by Gasteiger charge is -2.29. The summed E-state index contributed by atoms with van der Waals surface area (Å²) in [5.74, 6) is 2.34. The van der Waals surface area contributed by atoms with Crippen LogP contribution in [0.4, 0.5) is 11.8 Å². The van der Waals surface area contributed by atoms with E-state index in [0.29, 0.717) is 12.0 Å². The molecule has 2 heterocycles. The molecule has 2 unspecified atom stereocenters. The lowest BCUT2D eigenvalue weighted by Crippen LogP contribution is -2.27. The van der Waals surface area contributed by atoms with Gasteiger partial charge in [-0.1, -0.05) is 26.2 Å². The smallest absolute Gasteiger partial charge is 0.226 e. The summed E-state index contributed by atoms with van der Waals surface area (Å²) in [5, 5.41) is 14.5. The van der Waals surface area contributed by atoms with Crippen LogP contribution in [0.5, 0.6) is 0 Å². The zero-order chi connectivity index (χ0) is 13.9. The van der Waals surface area contributed by atoms with Crippen LogP contribution in [-0.4, -0.2) is 33.3 Å². The van der Waals surface area contributed by atoms with Crippen LogP contribution in [-0.2, 0) is 0 Å². The van der Waals surface area contributed by atoms with E-state index in [0.717, 1.165) is 22.8 Å². The van der Waals surface area contributed by atoms with E-state index in [4.69, 9.17) is 0 Å². The van der Waals surface area contributed by atoms with E-state index in [1.54, 1.807) is 6.20 Å². The molecule has 3 rings (SSSR count). The van der Waals surface area contributed by atoms with Gasteiger partial charge in [0.05, 0.1) is 11.6 Å². The SMILES string of the molecule is CCC1CCCC(Nc2nc(NC)nc3[nH]ncc23)C1. The van der Waals surface area contributed by atoms with Crippen LogP contribution in [0.1, 0.15) is 39.0 Å². The molecule has 6 heteroatoms. The van der Waals surface area contributed by atoms with Crippen molar-refractivity contribution in [2.45, 2.75) is 45.1 Å². The molecule has 1 aliphatic rings. The standard InChI is InChI=1S/C14H22N6/c1-3-9-5-4-6-10(7-9)17-12-11-8-16-20-13(11)19-14(15-2)18-12/h8-10H,3-7H2,1-2H3,(H3,15,16,17,18,19,20). The monoisotopic (exact) mass is 274 g/mol. The van der Waals surface area contributed by atoms with Crippen molar-refractivity contribution in [2.24, 2.45) is 5.92 Å². The van der Waals surface area contributed by atoms with Crippen LogP contribution in [0.3, 0.4) is 0 Å². The highest BCUT2D eigenvalue weighted by Crippen LogP contribution is 2.30. The summed E-state index contributed by atoms with van der Waals surface area (Å²) in [7, 11) is 1.83. The first-order valence-electron chi connectivity index (χ1n) is 7.45. The van der Waals surface area contributed by atoms with Crippen LogP contribution >= 0.6 is 0 Å². The second-order valence-electron chi connectivity index (χ2n) is 5.56. The number of rotatable bonds is 4. The van der Waals surface area contributed by atoms with Gasteiger partial charge >= 0.3 is 0 Å². The summed E-state index contributed by atoms with van der Waals surface area (Å²) in [5.41, 5.74) is 0.773. The summed E-state index contributed by atoms with van der Waals surface area (Å²) in [6.07, 6.45) is 8.17. The molecule has 0 saturated heterocycles. The largest absolute Gasteiger partial charge is 0.367 e. The Morgan fingerprint density at radius 2 is 2.25 bits per heavy atom. The molecule has 3 N–H and O–H groups in total. The third-order valence-corrected chi connectivity index (χ3v) is 4.23. The summed E-state index contributed by atoms with van der Waals surface area (Å²) in [6.45, 7) is 2.28. The highest BCUT2D eigenvalue weighted by atomic mass is 15.2. The molecule has 0 radical (unpaired) electrons. The van der Waals surface area contributed by atoms with Crippen LogP contribution in [0.15, 0.2) is 6.20 Å². The predicted octanol–water partition coefficient (Wildman–Crippen LogP) is 2.78. The number of hydrogen-bond acceptors (Lipinski definition) is 5. The molecule has 0 spiro atoms. The van der Waals surface area contributed by atoms with Gasteiger partial charge in [-0.3, -0.25) is 5.10 Å². The Morgan fingerprint density at radius 3 is 3.05 bits per heavy atom. The minimum absolute atomic E-state index is 0.506. The lowest BCUT2D eigenvalue weighted by atomic mass is 9.84. The van der Waals surface area contributed by atoms with Crippen molar-refractivity contribution >= 4 is 22.8 Å². The number of fused-ring (bicyclic) bond motifs is 1. The summed E-state index contributed by atoms with van der Waals surface area (Å²) in [4.78, 5) is 8.90. The van der Waals surface area contributed by atoms with Gasteiger partial charge in [-0.2, -0.15) is 15.1 Å². The Balaban J connectivity index is 1.84. The van der Waals surface area contributed by atoms with Gasteiger partial charge in [-0.15, -0.1) is 0 Å². The van der Waals surface area contributed by atoms with E-state index >= 15 is 0 Å². The Bertz CT molecular complexity index is 578. The Labute approximate surface area is 118 Å². The fourth-order valence-electron chi connectivity index (χ4n) is 3.04. The second kappa shape index (κ2) is 5.64. The van der Waals surface area contributed by atoms with E-state index in [1.165, 1.54) is 32.1 Å². The van der Waals surface area contributed by atoms with Gasteiger partial charge in [0.15, 0.2) is 5.65 Å². The summed E-state index contributed by atoms with van der Waals surface area (Å²) in [6, 6.07) is 0.506. The molecular weight excluding hydrogens is 252 g/mol. The number of nitrogens with one attached hydrogen (secondary N) is 3. The van der Waals surface area contributed by atoms with Gasteiger partial charge < -0.3 is 10.6 Å². The number of aromatic amines is 1. The number of H-pyrrole nitrogens is 1. The fraction of sp³-hybridized carbons (Fsp3) is 0.643. The van der Waals surface area contributed by atoms with E-state index in [1.807, 2.05) is 7.05 Å². The van der Waals surface area contributed by atoms with Gasteiger partial charge in [0, 0.05) is 13.1 Å². The van der Waals surface area contributed by atoms with Crippen molar-refractivity contribution in [3.63, 3.8) is 0 Å². The molecular formula is C14H22N6. The van der Waals surface area contributed by atoms with Crippen molar-refractivity contribution in [3.8, 4) is 0 Å². The zero-order valence-corrected chi connectivity index (χ0v) is 12.1.